The lowest BCUT2D eigenvalue weighted by atomic mass is 10.1. The molecule has 7 heteroatoms. The van der Waals surface area contributed by atoms with Crippen molar-refractivity contribution < 1.29 is 17.9 Å². The van der Waals surface area contributed by atoms with Crippen LogP contribution in [0.4, 0.5) is 5.69 Å². The summed E-state index contributed by atoms with van der Waals surface area (Å²) in [7, 11) is -2.12. The van der Waals surface area contributed by atoms with Crippen LogP contribution in [0.5, 0.6) is 5.75 Å². The van der Waals surface area contributed by atoms with Crippen LogP contribution in [0.2, 0.25) is 5.02 Å². The van der Waals surface area contributed by atoms with Crippen LogP contribution >= 0.6 is 11.6 Å². The predicted octanol–water partition coefficient (Wildman–Crippen LogP) is 3.74. The SMILES string of the molecule is COc1ccc(C(=O)N2CCCCc3cc(Cl)ccc32)cc1S(C)(=O)=O. The maximum absolute atomic E-state index is 13.1. The number of sulfone groups is 1. The summed E-state index contributed by atoms with van der Waals surface area (Å²) >= 11 is 6.09. The minimum atomic E-state index is -3.52. The van der Waals surface area contributed by atoms with Gasteiger partial charge in [-0.05, 0) is 61.2 Å². The normalized spacial score (nSPS) is 14.5. The van der Waals surface area contributed by atoms with Crippen molar-refractivity contribution in [3.05, 3.63) is 52.5 Å². The first kappa shape index (κ1) is 18.7. The van der Waals surface area contributed by atoms with Crippen molar-refractivity contribution in [3.8, 4) is 5.75 Å². The van der Waals surface area contributed by atoms with E-state index in [0.717, 1.165) is 36.8 Å². The average molecular weight is 394 g/mol. The summed E-state index contributed by atoms with van der Waals surface area (Å²) in [5.41, 5.74) is 2.17. The summed E-state index contributed by atoms with van der Waals surface area (Å²) in [6.45, 7) is 0.577. The average Bonchev–Trinajstić information content (AvgIpc) is 2.81. The number of hydrogen-bond donors (Lipinski definition) is 0. The highest BCUT2D eigenvalue weighted by atomic mass is 35.5. The van der Waals surface area contributed by atoms with E-state index in [1.54, 1.807) is 17.0 Å². The number of carbonyl (C=O) groups excluding carboxylic acids is 1. The molecule has 1 heterocycles. The lowest BCUT2D eigenvalue weighted by Crippen LogP contribution is -2.31. The zero-order valence-electron chi connectivity index (χ0n) is 14.7. The molecule has 2 aromatic carbocycles. The van der Waals surface area contributed by atoms with Crippen LogP contribution in [-0.4, -0.2) is 34.2 Å². The van der Waals surface area contributed by atoms with Gasteiger partial charge in [0.15, 0.2) is 9.84 Å². The second kappa shape index (κ2) is 7.29. The van der Waals surface area contributed by atoms with Gasteiger partial charge in [0.25, 0.3) is 5.91 Å². The number of amides is 1. The Kier molecular flexibility index (Phi) is 5.25. The van der Waals surface area contributed by atoms with Crippen molar-refractivity contribution in [2.24, 2.45) is 0 Å². The molecule has 1 aliphatic heterocycles. The van der Waals surface area contributed by atoms with Crippen LogP contribution in [0.1, 0.15) is 28.8 Å². The predicted molar refractivity (Wildman–Crippen MR) is 102 cm³/mol. The molecular formula is C19H20ClNO4S. The Morgan fingerprint density at radius 3 is 2.62 bits per heavy atom. The second-order valence-electron chi connectivity index (χ2n) is 6.32. The highest BCUT2D eigenvalue weighted by Crippen LogP contribution is 2.31. The molecule has 1 amide bonds. The Morgan fingerprint density at radius 1 is 1.15 bits per heavy atom. The van der Waals surface area contributed by atoms with Crippen LogP contribution in [0.3, 0.4) is 0 Å². The molecule has 0 aliphatic carbocycles. The molecule has 0 aromatic heterocycles. The molecule has 138 valence electrons. The lowest BCUT2D eigenvalue weighted by Gasteiger charge is -2.23. The molecule has 2 aromatic rings. The summed E-state index contributed by atoms with van der Waals surface area (Å²) in [6.07, 6.45) is 3.79. The lowest BCUT2D eigenvalue weighted by molar-refractivity contribution is 0.0986. The third-order valence-corrected chi connectivity index (χ3v) is 5.82. The number of rotatable bonds is 3. The van der Waals surface area contributed by atoms with Crippen LogP contribution in [0.25, 0.3) is 0 Å². The fourth-order valence-corrected chi connectivity index (χ4v) is 4.24. The number of halogens is 1. The number of aryl methyl sites for hydroxylation is 1. The van der Waals surface area contributed by atoms with Crippen LogP contribution in [0.15, 0.2) is 41.3 Å². The summed E-state index contributed by atoms with van der Waals surface area (Å²) < 4.78 is 29.2. The van der Waals surface area contributed by atoms with E-state index in [0.29, 0.717) is 17.1 Å². The van der Waals surface area contributed by atoms with Crippen LogP contribution in [0, 0.1) is 0 Å². The largest absolute Gasteiger partial charge is 0.495 e. The highest BCUT2D eigenvalue weighted by Gasteiger charge is 2.24. The number of carbonyl (C=O) groups is 1. The van der Waals surface area contributed by atoms with Gasteiger partial charge in [-0.2, -0.15) is 0 Å². The van der Waals surface area contributed by atoms with E-state index in [1.807, 2.05) is 12.1 Å². The Morgan fingerprint density at radius 2 is 1.92 bits per heavy atom. The van der Waals surface area contributed by atoms with E-state index < -0.39 is 9.84 Å². The number of fused-ring (bicyclic) bond motifs is 1. The van der Waals surface area contributed by atoms with E-state index in [2.05, 4.69) is 0 Å². The first-order valence-electron chi connectivity index (χ1n) is 8.29. The number of anilines is 1. The molecule has 1 aliphatic rings. The Labute approximate surface area is 158 Å². The first-order valence-corrected chi connectivity index (χ1v) is 10.6. The molecule has 0 bridgehead atoms. The van der Waals surface area contributed by atoms with Gasteiger partial charge in [0.2, 0.25) is 0 Å². The maximum Gasteiger partial charge on any atom is 0.258 e. The van der Waals surface area contributed by atoms with Gasteiger partial charge in [0.05, 0.1) is 7.11 Å². The van der Waals surface area contributed by atoms with Crippen molar-refractivity contribution >= 4 is 33.0 Å². The number of methoxy groups -OCH3 is 1. The summed E-state index contributed by atoms with van der Waals surface area (Å²) in [4.78, 5) is 14.8. The summed E-state index contributed by atoms with van der Waals surface area (Å²) in [6, 6.07) is 10.00. The minimum absolute atomic E-state index is 0.0111. The number of nitrogens with zero attached hydrogens (tertiary/aromatic N) is 1. The Balaban J connectivity index is 2.05. The first-order chi connectivity index (χ1) is 12.3. The van der Waals surface area contributed by atoms with Crippen molar-refractivity contribution in [1.29, 1.82) is 0 Å². The van der Waals surface area contributed by atoms with E-state index in [9.17, 15) is 13.2 Å². The van der Waals surface area contributed by atoms with Crippen molar-refractivity contribution in [1.82, 2.24) is 0 Å². The smallest absolute Gasteiger partial charge is 0.258 e. The monoisotopic (exact) mass is 393 g/mol. The number of hydrogen-bond acceptors (Lipinski definition) is 4. The zero-order valence-corrected chi connectivity index (χ0v) is 16.2. The molecule has 0 N–H and O–H groups in total. The highest BCUT2D eigenvalue weighted by molar-refractivity contribution is 7.90. The molecule has 0 unspecified atom stereocenters. The molecule has 0 saturated carbocycles. The van der Waals surface area contributed by atoms with Gasteiger partial charge >= 0.3 is 0 Å². The van der Waals surface area contributed by atoms with E-state index in [4.69, 9.17) is 16.3 Å². The summed E-state index contributed by atoms with van der Waals surface area (Å²) in [5.74, 6) is -0.00451. The third kappa shape index (κ3) is 3.71. The van der Waals surface area contributed by atoms with Crippen molar-refractivity contribution in [3.63, 3.8) is 0 Å². The van der Waals surface area contributed by atoms with Crippen molar-refractivity contribution in [2.75, 3.05) is 24.8 Å². The number of ether oxygens (including phenoxy) is 1. The van der Waals surface area contributed by atoms with Crippen LogP contribution in [-0.2, 0) is 16.3 Å². The van der Waals surface area contributed by atoms with Gasteiger partial charge in [0, 0.05) is 29.1 Å². The Hall–Kier alpha value is -2.05. The van der Waals surface area contributed by atoms with Crippen molar-refractivity contribution in [2.45, 2.75) is 24.2 Å². The standard InChI is InChI=1S/C19H20ClNO4S/c1-25-17-9-6-14(12-18(17)26(2,23)24)19(22)21-10-4-3-5-13-11-15(20)7-8-16(13)21/h6-9,11-12H,3-5,10H2,1-2H3. The molecule has 0 fully saturated rings. The number of benzene rings is 2. The van der Waals surface area contributed by atoms with Gasteiger partial charge in [-0.25, -0.2) is 8.42 Å². The zero-order chi connectivity index (χ0) is 18.9. The molecule has 0 atom stereocenters. The van der Waals surface area contributed by atoms with Gasteiger partial charge in [-0.1, -0.05) is 11.6 Å². The van der Waals surface area contributed by atoms with E-state index in [-0.39, 0.29) is 16.6 Å². The fraction of sp³-hybridized carbons (Fsp3) is 0.316. The maximum atomic E-state index is 13.1. The second-order valence-corrected chi connectivity index (χ2v) is 8.75. The quantitative estimate of drug-likeness (QED) is 0.796. The minimum Gasteiger partial charge on any atom is -0.495 e. The molecule has 0 saturated heterocycles. The molecule has 3 rings (SSSR count). The molecule has 5 nitrogen and oxygen atoms in total. The fourth-order valence-electron chi connectivity index (χ4n) is 3.19. The Bertz CT molecular complexity index is 956. The van der Waals surface area contributed by atoms with E-state index >= 15 is 0 Å². The van der Waals surface area contributed by atoms with Crippen LogP contribution < -0.4 is 9.64 Å². The van der Waals surface area contributed by atoms with Gasteiger partial charge in [-0.15, -0.1) is 0 Å². The molecule has 0 spiro atoms. The van der Waals surface area contributed by atoms with Gasteiger partial charge in [-0.3, -0.25) is 4.79 Å². The molecule has 0 radical (unpaired) electrons. The van der Waals surface area contributed by atoms with Gasteiger partial charge in [0.1, 0.15) is 10.6 Å². The molecule has 26 heavy (non-hydrogen) atoms. The molecular weight excluding hydrogens is 374 g/mol. The van der Waals surface area contributed by atoms with E-state index in [1.165, 1.54) is 19.2 Å². The third-order valence-electron chi connectivity index (χ3n) is 4.47. The van der Waals surface area contributed by atoms with Gasteiger partial charge < -0.3 is 9.64 Å². The topological polar surface area (TPSA) is 63.7 Å². The summed E-state index contributed by atoms with van der Waals surface area (Å²) in [5, 5.41) is 0.641.